The molecular weight excluding hydrogens is 319 g/mol. The highest BCUT2D eigenvalue weighted by Gasteiger charge is 2.31. The summed E-state index contributed by atoms with van der Waals surface area (Å²) in [4.78, 5) is 11.8. The van der Waals surface area contributed by atoms with Crippen molar-refractivity contribution in [1.29, 1.82) is 0 Å². The molecule has 22 heavy (non-hydrogen) atoms. The summed E-state index contributed by atoms with van der Waals surface area (Å²) in [5, 5.41) is 0. The van der Waals surface area contributed by atoms with Crippen LogP contribution in [0.2, 0.25) is 0 Å². The first-order valence-electron chi connectivity index (χ1n) is 6.52. The van der Waals surface area contributed by atoms with Crippen LogP contribution in [0.4, 0.5) is 13.2 Å². The Morgan fingerprint density at radius 3 is 2.27 bits per heavy atom. The monoisotopic (exact) mass is 337 g/mol. The van der Waals surface area contributed by atoms with Gasteiger partial charge in [-0.2, -0.15) is 13.2 Å². The number of carbonyl (C=O) groups is 1. The first kappa shape index (κ1) is 18.5. The van der Waals surface area contributed by atoms with Gasteiger partial charge in [0.1, 0.15) is 0 Å². The Bertz CT molecular complexity index is 646. The summed E-state index contributed by atoms with van der Waals surface area (Å²) in [6.45, 7) is 5.53. The van der Waals surface area contributed by atoms with Gasteiger partial charge in [-0.15, -0.1) is 0 Å². The highest BCUT2D eigenvalue weighted by atomic mass is 32.2. The minimum Gasteiger partial charge on any atom is -0.268 e. The summed E-state index contributed by atoms with van der Waals surface area (Å²) in [5.74, 6) is -1.35. The third kappa shape index (κ3) is 6.05. The number of amides is 1. The lowest BCUT2D eigenvalue weighted by Gasteiger charge is -2.17. The van der Waals surface area contributed by atoms with Crippen LogP contribution in [-0.2, 0) is 16.2 Å². The Kier molecular flexibility index (Phi) is 5.27. The maximum Gasteiger partial charge on any atom is 0.416 e. The summed E-state index contributed by atoms with van der Waals surface area (Å²) in [7, 11) is -3.89. The van der Waals surface area contributed by atoms with Gasteiger partial charge in [-0.05, 0) is 30.0 Å². The molecule has 0 unspecified atom stereocenters. The number of carbonyl (C=O) groups excluding carboxylic acids is 1. The molecule has 124 valence electrons. The van der Waals surface area contributed by atoms with Crippen molar-refractivity contribution in [3.63, 3.8) is 0 Å². The Morgan fingerprint density at radius 2 is 1.77 bits per heavy atom. The molecule has 0 saturated carbocycles. The van der Waals surface area contributed by atoms with Gasteiger partial charge in [0.05, 0.1) is 11.3 Å². The van der Waals surface area contributed by atoms with E-state index < -0.39 is 27.7 Å². The Labute approximate surface area is 127 Å². The molecule has 0 heterocycles. The topological polar surface area (TPSA) is 63.2 Å². The predicted octanol–water partition coefficient (Wildman–Crippen LogP) is 3.20. The number of nitrogens with one attached hydrogen (secondary N) is 1. The van der Waals surface area contributed by atoms with Gasteiger partial charge in [0.2, 0.25) is 10.0 Å². The number of halogens is 3. The minimum atomic E-state index is -4.60. The van der Waals surface area contributed by atoms with E-state index in [0.717, 1.165) is 18.2 Å². The molecule has 1 N–H and O–H groups in total. The van der Waals surface area contributed by atoms with Gasteiger partial charge in [0.25, 0.3) is 5.91 Å². The highest BCUT2D eigenvalue weighted by molar-refractivity contribution is 7.90. The predicted molar refractivity (Wildman–Crippen MR) is 76.8 cm³/mol. The maximum atomic E-state index is 12.6. The molecule has 0 aliphatic carbocycles. The van der Waals surface area contributed by atoms with Crippen LogP contribution in [0.3, 0.4) is 0 Å². The number of sulfonamides is 1. The van der Waals surface area contributed by atoms with Crippen LogP contribution in [0.5, 0.6) is 0 Å². The van der Waals surface area contributed by atoms with Crippen LogP contribution < -0.4 is 4.72 Å². The van der Waals surface area contributed by atoms with Crippen LogP contribution in [0.15, 0.2) is 24.3 Å². The molecule has 0 aromatic heterocycles. The van der Waals surface area contributed by atoms with Crippen molar-refractivity contribution in [3.05, 3.63) is 35.4 Å². The number of rotatable bonds is 4. The third-order valence-corrected chi connectivity index (χ3v) is 4.06. The molecule has 0 atom stereocenters. The van der Waals surface area contributed by atoms with Crippen LogP contribution in [-0.4, -0.2) is 20.1 Å². The van der Waals surface area contributed by atoms with Crippen LogP contribution >= 0.6 is 0 Å². The number of hydrogen-bond donors (Lipinski definition) is 1. The highest BCUT2D eigenvalue weighted by Crippen LogP contribution is 2.29. The van der Waals surface area contributed by atoms with E-state index in [0.29, 0.717) is 12.5 Å². The maximum absolute atomic E-state index is 12.6. The van der Waals surface area contributed by atoms with E-state index in [-0.39, 0.29) is 16.7 Å². The average molecular weight is 337 g/mol. The second kappa shape index (κ2) is 6.28. The molecule has 0 radical (unpaired) electrons. The molecule has 1 rings (SSSR count). The Balaban J connectivity index is 2.85. The van der Waals surface area contributed by atoms with Gasteiger partial charge in [-0.1, -0.05) is 26.8 Å². The van der Waals surface area contributed by atoms with Crippen molar-refractivity contribution in [1.82, 2.24) is 4.72 Å². The fraction of sp³-hybridized carbons (Fsp3) is 0.500. The van der Waals surface area contributed by atoms with Gasteiger partial charge in [0, 0.05) is 5.56 Å². The lowest BCUT2D eigenvalue weighted by molar-refractivity contribution is -0.137. The van der Waals surface area contributed by atoms with Crippen LogP contribution in [0.1, 0.15) is 43.1 Å². The molecule has 0 bridgehead atoms. The van der Waals surface area contributed by atoms with Crippen molar-refractivity contribution >= 4 is 15.9 Å². The number of benzene rings is 1. The molecule has 1 aromatic carbocycles. The van der Waals surface area contributed by atoms with E-state index >= 15 is 0 Å². The Morgan fingerprint density at radius 1 is 1.18 bits per heavy atom. The number of alkyl halides is 3. The second-order valence-electron chi connectivity index (χ2n) is 6.14. The molecule has 0 aliphatic heterocycles. The van der Waals surface area contributed by atoms with Gasteiger partial charge in [-0.25, -0.2) is 13.1 Å². The van der Waals surface area contributed by atoms with E-state index in [1.54, 1.807) is 4.72 Å². The van der Waals surface area contributed by atoms with E-state index in [1.807, 2.05) is 20.8 Å². The summed E-state index contributed by atoms with van der Waals surface area (Å²) in [6, 6.07) is 3.61. The molecule has 0 spiro atoms. The molecule has 0 aliphatic rings. The first-order chi connectivity index (χ1) is 9.80. The second-order valence-corrected chi connectivity index (χ2v) is 7.98. The van der Waals surface area contributed by atoms with Gasteiger partial charge in [0.15, 0.2) is 0 Å². The lowest BCUT2D eigenvalue weighted by atomic mass is 9.94. The summed E-state index contributed by atoms with van der Waals surface area (Å²) >= 11 is 0. The van der Waals surface area contributed by atoms with Crippen molar-refractivity contribution in [2.24, 2.45) is 5.41 Å². The lowest BCUT2D eigenvalue weighted by Crippen LogP contribution is -2.33. The van der Waals surface area contributed by atoms with Crippen LogP contribution in [0.25, 0.3) is 0 Å². The fourth-order valence-corrected chi connectivity index (χ4v) is 2.91. The average Bonchev–Trinajstić information content (AvgIpc) is 2.34. The summed E-state index contributed by atoms with van der Waals surface area (Å²) in [5.41, 5.74) is -1.60. The zero-order valence-corrected chi connectivity index (χ0v) is 13.3. The SMILES string of the molecule is CC(C)(C)CCS(=O)(=O)NC(=O)c1cccc(C(F)(F)F)c1. The van der Waals surface area contributed by atoms with Crippen molar-refractivity contribution in [2.45, 2.75) is 33.4 Å². The summed E-state index contributed by atoms with van der Waals surface area (Å²) < 4.78 is 63.1. The van der Waals surface area contributed by atoms with E-state index in [4.69, 9.17) is 0 Å². The number of hydrogen-bond acceptors (Lipinski definition) is 3. The normalized spacial score (nSPS) is 13.0. The largest absolute Gasteiger partial charge is 0.416 e. The zero-order valence-electron chi connectivity index (χ0n) is 12.5. The first-order valence-corrected chi connectivity index (χ1v) is 8.17. The molecule has 0 fully saturated rings. The Hall–Kier alpha value is -1.57. The molecule has 1 amide bonds. The molecule has 4 nitrogen and oxygen atoms in total. The third-order valence-electron chi connectivity index (χ3n) is 2.82. The van der Waals surface area contributed by atoms with Gasteiger partial charge in [-0.3, -0.25) is 4.79 Å². The minimum absolute atomic E-state index is 0.242. The van der Waals surface area contributed by atoms with E-state index in [9.17, 15) is 26.4 Å². The van der Waals surface area contributed by atoms with Crippen molar-refractivity contribution in [2.75, 3.05) is 5.75 Å². The van der Waals surface area contributed by atoms with Gasteiger partial charge >= 0.3 is 6.18 Å². The van der Waals surface area contributed by atoms with Gasteiger partial charge < -0.3 is 0 Å². The quantitative estimate of drug-likeness (QED) is 0.918. The van der Waals surface area contributed by atoms with Crippen molar-refractivity contribution in [3.8, 4) is 0 Å². The standard InChI is InChI=1S/C14H18F3NO3S/c1-13(2,3)7-8-22(20,21)18-12(19)10-5-4-6-11(9-10)14(15,16)17/h4-6,9H,7-8H2,1-3H3,(H,18,19). The molecule has 1 aromatic rings. The van der Waals surface area contributed by atoms with E-state index in [1.165, 1.54) is 0 Å². The fourth-order valence-electron chi connectivity index (χ4n) is 1.53. The summed E-state index contributed by atoms with van der Waals surface area (Å²) in [6.07, 6.45) is -4.28. The van der Waals surface area contributed by atoms with E-state index in [2.05, 4.69) is 0 Å². The molecule has 8 heteroatoms. The van der Waals surface area contributed by atoms with Crippen molar-refractivity contribution < 1.29 is 26.4 Å². The molecular formula is C14H18F3NO3S. The molecule has 0 saturated heterocycles. The van der Waals surface area contributed by atoms with Crippen LogP contribution in [0, 0.1) is 5.41 Å². The zero-order chi connectivity index (χ0) is 17.2. The smallest absolute Gasteiger partial charge is 0.268 e.